The molecule has 454 valence electrons. The first-order valence-corrected chi connectivity index (χ1v) is 26.8. The van der Waals surface area contributed by atoms with E-state index in [1.807, 2.05) is 38.2 Å². The molecular formula is C71H77N3O13. The van der Waals surface area contributed by atoms with Gasteiger partial charge < -0.3 is 20.9 Å². The number of benzene rings is 8. The number of carbonyl (C=O) groups is 12. The Labute approximate surface area is 507 Å². The summed E-state index contributed by atoms with van der Waals surface area (Å²) in [5.41, 5.74) is 5.92. The van der Waals surface area contributed by atoms with E-state index >= 15 is 0 Å². The number of hydrogen-bond acceptors (Lipinski definition) is 16. The summed E-state index contributed by atoms with van der Waals surface area (Å²) in [6.45, 7) is 14.6. The Hall–Kier alpha value is -9.38. The van der Waals surface area contributed by atoms with Gasteiger partial charge in [-0.2, -0.15) is 0 Å². The van der Waals surface area contributed by atoms with Gasteiger partial charge in [0.05, 0.1) is 25.7 Å². The minimum absolute atomic E-state index is 0. The van der Waals surface area contributed by atoms with Gasteiger partial charge in [0, 0.05) is 120 Å². The summed E-state index contributed by atoms with van der Waals surface area (Å²) in [6, 6.07) is 23.9. The average Bonchev–Trinajstić information content (AvgIpc) is 0.713. The van der Waals surface area contributed by atoms with Crippen LogP contribution in [-0.2, 0) is 4.74 Å². The average molecular weight is 1180 g/mol. The van der Waals surface area contributed by atoms with Crippen LogP contribution < -0.4 is 5.32 Å². The Morgan fingerprint density at radius 3 is 0.690 bits per heavy atom. The number of methoxy groups -OCH3 is 1. The van der Waals surface area contributed by atoms with Gasteiger partial charge in [-0.25, -0.2) is 0 Å². The fourth-order valence-corrected chi connectivity index (χ4v) is 10.8. The second-order valence-electron chi connectivity index (χ2n) is 20.5. The van der Waals surface area contributed by atoms with Crippen LogP contribution in [0, 0.1) is 10.8 Å². The Morgan fingerprint density at radius 1 is 0.379 bits per heavy atom. The molecular weight excluding hydrogens is 1100 g/mol. The zero-order valence-corrected chi connectivity index (χ0v) is 47.8. The molecule has 16 heteroatoms. The predicted molar refractivity (Wildman–Crippen MR) is 347 cm³/mol. The Kier molecular flexibility index (Phi) is 24.5. The van der Waals surface area contributed by atoms with Gasteiger partial charge in [0.2, 0.25) is 0 Å². The molecule has 0 radical (unpaired) electrons. The normalized spacial score (nSPS) is 12.9. The topological polar surface area (TPSA) is 274 Å². The van der Waals surface area contributed by atoms with Gasteiger partial charge in [0.25, 0.3) is 0 Å². The molecule has 0 spiro atoms. The quantitative estimate of drug-likeness (QED) is 0.0420. The molecule has 4 aliphatic rings. The summed E-state index contributed by atoms with van der Waals surface area (Å²) in [5, 5.41) is 24.6. The van der Waals surface area contributed by atoms with E-state index in [2.05, 4.69) is 17.0 Å². The molecule has 0 unspecified atom stereocenters. The van der Waals surface area contributed by atoms with Crippen molar-refractivity contribution in [2.75, 3.05) is 27.3 Å². The van der Waals surface area contributed by atoms with Gasteiger partial charge in [-0.05, 0) is 107 Å². The van der Waals surface area contributed by atoms with E-state index in [0.717, 1.165) is 56.2 Å². The highest BCUT2D eigenvalue weighted by atomic mass is 16.5. The third kappa shape index (κ3) is 14.0. The summed E-state index contributed by atoms with van der Waals surface area (Å²) >= 11 is 0. The maximum absolute atomic E-state index is 12.6. The summed E-state index contributed by atoms with van der Waals surface area (Å²) in [7, 11) is 3.61. The van der Waals surface area contributed by atoms with Crippen LogP contribution in [0.15, 0.2) is 84.9 Å². The minimum atomic E-state index is -0.308. The highest BCUT2D eigenvalue weighted by molar-refractivity contribution is 6.42. The standard InChI is InChI=1S/C26H12O4.C16H8O4.C14H14O4.C5H10N2.C3H9N.C3H8O.4CH4/c27-19-9-20(28)16-7-3-13-14-4-8-18-22(30)10-21(29)17-6-2-12(24(14)26(17)18)11-1-5-15(19)25(16)23(11)13;17-11-5-13(19)9-3-4-10-14(20)6-12(18)8-2-1-7(11)15(9)16(8)10;1-7(15)11-5-13(9(3)17)14(10(4)18)6-12(11)8(2)16;1-4(6)3-5(2)7;2*1-3-4-2;;;;/h1-8H,9-10H2;1-4H,5-6H2;5-6H,1-4H3;6-7H,3H2,1-2H3;4H,3H2,1-2H3;3H2,1-2H3;4*1H4. The molecule has 3 N–H and O–H groups in total. The molecule has 0 amide bonds. The molecule has 12 rings (SSSR count). The number of rotatable bonds is 8. The first kappa shape index (κ1) is 71.9. The number of Topliss-reactive ketones (excluding diaryl/α,β-unsaturated/α-hetero) is 12. The number of hydrogen-bond donors (Lipinski definition) is 3. The third-order valence-corrected chi connectivity index (χ3v) is 14.6. The van der Waals surface area contributed by atoms with Crippen molar-refractivity contribution in [1.82, 2.24) is 5.32 Å². The molecule has 0 fully saturated rings. The molecule has 0 bridgehead atoms. The van der Waals surface area contributed by atoms with E-state index in [-0.39, 0.29) is 147 Å². The number of carbonyl (C=O) groups excluding carboxylic acids is 12. The number of nitrogens with one attached hydrogen (secondary N) is 3. The first-order chi connectivity index (χ1) is 39.3. The second kappa shape index (κ2) is 29.6. The van der Waals surface area contributed by atoms with E-state index < -0.39 is 0 Å². The molecule has 16 nitrogen and oxygen atoms in total. The van der Waals surface area contributed by atoms with Crippen molar-refractivity contribution >= 4 is 135 Å². The number of ether oxygens (including phenoxy) is 1. The van der Waals surface area contributed by atoms with E-state index in [0.29, 0.717) is 73.1 Å². The van der Waals surface area contributed by atoms with Crippen LogP contribution in [-0.4, -0.2) is 108 Å². The van der Waals surface area contributed by atoms with Crippen LogP contribution >= 0.6 is 0 Å². The van der Waals surface area contributed by atoms with Gasteiger partial charge in [0.1, 0.15) is 0 Å². The van der Waals surface area contributed by atoms with Gasteiger partial charge in [-0.15, -0.1) is 0 Å². The minimum Gasteiger partial charge on any atom is -0.385 e. The summed E-state index contributed by atoms with van der Waals surface area (Å²) in [4.78, 5) is 144. The summed E-state index contributed by atoms with van der Waals surface area (Å²) in [5.74, 6) is -2.84. The van der Waals surface area contributed by atoms with Crippen LogP contribution in [0.2, 0.25) is 0 Å². The molecule has 0 heterocycles. The monoisotopic (exact) mass is 1180 g/mol. The molecule has 0 saturated carbocycles. The molecule has 0 aliphatic heterocycles. The lowest BCUT2D eigenvalue weighted by atomic mass is 9.79. The van der Waals surface area contributed by atoms with Crippen LogP contribution in [0.3, 0.4) is 0 Å². The van der Waals surface area contributed by atoms with Crippen LogP contribution in [0.25, 0.3) is 53.9 Å². The zero-order valence-electron chi connectivity index (χ0n) is 47.8. The Bertz CT molecular complexity index is 3740. The molecule has 8 aromatic rings. The van der Waals surface area contributed by atoms with Gasteiger partial charge >= 0.3 is 0 Å². The fraction of sp³-hybridized carbons (Fsp3) is 0.296. The predicted octanol–water partition coefficient (Wildman–Crippen LogP) is 15.0. The lowest BCUT2D eigenvalue weighted by Crippen LogP contribution is -2.22. The van der Waals surface area contributed by atoms with Gasteiger partial charge in [-0.3, -0.25) is 57.5 Å². The van der Waals surface area contributed by atoms with Crippen molar-refractivity contribution in [3.8, 4) is 0 Å². The SMILES string of the molecule is C.C.C.C.CC(=N)CC(C)=N.CC(=O)c1cc(C(C)=O)c(C(C)=O)cc1C(C)=O.CCNC.CCOC.O=C1CC(=O)c2ccc3c4c(ccc1c24)C(=O)CC3=O.O=C1CC(=O)c2ccc3c4ccc5c6c(ccc(c7ccc1c2c73)c64)C(=O)CC5=O. The summed E-state index contributed by atoms with van der Waals surface area (Å²) in [6.07, 6.45) is 0.0409. The molecule has 87 heavy (non-hydrogen) atoms. The number of ketones is 12. The second-order valence-corrected chi connectivity index (χ2v) is 20.5. The Balaban J connectivity index is 0.000000308. The first-order valence-electron chi connectivity index (χ1n) is 26.8. The smallest absolute Gasteiger partial charge is 0.171 e. The molecule has 8 aromatic carbocycles. The van der Waals surface area contributed by atoms with Crippen LogP contribution in [0.4, 0.5) is 0 Å². The van der Waals surface area contributed by atoms with Crippen LogP contribution in [0.5, 0.6) is 0 Å². The van der Waals surface area contributed by atoms with Crippen molar-refractivity contribution in [1.29, 1.82) is 10.8 Å². The molecule has 0 saturated heterocycles. The van der Waals surface area contributed by atoms with Crippen molar-refractivity contribution in [2.45, 2.75) is 117 Å². The maximum atomic E-state index is 12.6. The fourth-order valence-electron chi connectivity index (χ4n) is 10.8. The van der Waals surface area contributed by atoms with E-state index in [1.54, 1.807) is 69.5 Å². The highest BCUT2D eigenvalue weighted by Crippen LogP contribution is 2.46. The number of fused-ring (bicyclic) bond motifs is 2. The van der Waals surface area contributed by atoms with E-state index in [1.165, 1.54) is 39.8 Å². The van der Waals surface area contributed by atoms with Crippen LogP contribution in [0.1, 0.15) is 241 Å². The summed E-state index contributed by atoms with van der Waals surface area (Å²) < 4.78 is 4.54. The molecule has 0 atom stereocenters. The van der Waals surface area contributed by atoms with Crippen molar-refractivity contribution in [2.24, 2.45) is 0 Å². The molecule has 0 aromatic heterocycles. The van der Waals surface area contributed by atoms with Crippen molar-refractivity contribution in [3.05, 3.63) is 152 Å². The van der Waals surface area contributed by atoms with E-state index in [9.17, 15) is 57.5 Å². The highest BCUT2D eigenvalue weighted by Gasteiger charge is 2.34. The third-order valence-electron chi connectivity index (χ3n) is 14.6. The van der Waals surface area contributed by atoms with Crippen molar-refractivity contribution < 1.29 is 62.3 Å². The van der Waals surface area contributed by atoms with Gasteiger partial charge in [-0.1, -0.05) is 109 Å². The molecule has 4 aliphatic carbocycles. The van der Waals surface area contributed by atoms with Gasteiger partial charge in [0.15, 0.2) is 69.4 Å². The largest absolute Gasteiger partial charge is 0.385 e. The zero-order chi connectivity index (χ0) is 61.0. The lowest BCUT2D eigenvalue weighted by Gasteiger charge is -2.23. The van der Waals surface area contributed by atoms with E-state index in [4.69, 9.17) is 10.8 Å². The maximum Gasteiger partial charge on any atom is 0.171 e. The Morgan fingerprint density at radius 2 is 0.552 bits per heavy atom. The van der Waals surface area contributed by atoms with Crippen molar-refractivity contribution in [3.63, 3.8) is 0 Å². The lowest BCUT2D eigenvalue weighted by molar-refractivity contribution is 0.0869.